The maximum atomic E-state index is 13.2. The second-order valence-corrected chi connectivity index (χ2v) is 9.10. The van der Waals surface area contributed by atoms with Crippen LogP contribution in [0.15, 0.2) is 65.6 Å². The number of nitriles is 1. The van der Waals surface area contributed by atoms with E-state index >= 15 is 0 Å². The van der Waals surface area contributed by atoms with E-state index in [-0.39, 0.29) is 17.2 Å². The maximum absolute atomic E-state index is 13.2. The molecular formula is C22H26N4O3S. The molecule has 7 nitrogen and oxygen atoms in total. The molecule has 1 atom stereocenters. The summed E-state index contributed by atoms with van der Waals surface area (Å²) in [6.45, 7) is 3.77. The van der Waals surface area contributed by atoms with Gasteiger partial charge < -0.3 is 4.90 Å². The smallest absolute Gasteiger partial charge is 0.244 e. The van der Waals surface area contributed by atoms with Gasteiger partial charge in [0.15, 0.2) is 0 Å². The van der Waals surface area contributed by atoms with Gasteiger partial charge in [-0.3, -0.25) is 9.69 Å². The van der Waals surface area contributed by atoms with Crippen LogP contribution in [-0.2, 0) is 14.8 Å². The average Bonchev–Trinajstić information content (AvgIpc) is 2.80. The Balaban J connectivity index is 1.67. The molecule has 8 heteroatoms. The summed E-state index contributed by atoms with van der Waals surface area (Å²) < 4.78 is 27.1. The fourth-order valence-corrected chi connectivity index (χ4v) is 5.03. The van der Waals surface area contributed by atoms with Gasteiger partial charge in [-0.05, 0) is 31.2 Å². The van der Waals surface area contributed by atoms with Gasteiger partial charge in [-0.1, -0.05) is 36.4 Å². The van der Waals surface area contributed by atoms with Crippen molar-refractivity contribution in [1.29, 1.82) is 5.26 Å². The highest BCUT2D eigenvalue weighted by Gasteiger charge is 2.33. The Morgan fingerprint density at radius 1 is 1.03 bits per heavy atom. The summed E-state index contributed by atoms with van der Waals surface area (Å²) in [6, 6.07) is 19.4. The number of para-hydroxylation sites is 1. The molecule has 30 heavy (non-hydrogen) atoms. The summed E-state index contributed by atoms with van der Waals surface area (Å²) in [6.07, 6.45) is 0.246. The predicted octanol–water partition coefficient (Wildman–Crippen LogP) is 2.33. The first-order chi connectivity index (χ1) is 14.4. The molecule has 0 bridgehead atoms. The van der Waals surface area contributed by atoms with Crippen LogP contribution in [0.2, 0.25) is 0 Å². The number of amides is 1. The molecule has 1 aliphatic rings. The number of anilines is 1. The molecule has 0 saturated carbocycles. The van der Waals surface area contributed by atoms with Crippen molar-refractivity contribution in [2.45, 2.75) is 24.3 Å². The molecule has 1 fully saturated rings. The van der Waals surface area contributed by atoms with Crippen molar-refractivity contribution in [2.24, 2.45) is 0 Å². The third-order valence-corrected chi connectivity index (χ3v) is 7.25. The van der Waals surface area contributed by atoms with Crippen LogP contribution in [0.3, 0.4) is 0 Å². The summed E-state index contributed by atoms with van der Waals surface area (Å²) in [4.78, 5) is 17.1. The lowest BCUT2D eigenvalue weighted by molar-refractivity contribution is -0.123. The number of hydrogen-bond donors (Lipinski definition) is 0. The van der Waals surface area contributed by atoms with Gasteiger partial charge in [0.1, 0.15) is 0 Å². The monoisotopic (exact) mass is 426 g/mol. The third-order valence-electron chi connectivity index (χ3n) is 5.34. The van der Waals surface area contributed by atoms with E-state index in [9.17, 15) is 13.2 Å². The third kappa shape index (κ3) is 4.87. The number of carbonyl (C=O) groups excluding carboxylic acids is 1. The van der Waals surface area contributed by atoms with Gasteiger partial charge in [0.05, 0.1) is 23.4 Å². The molecule has 1 heterocycles. The largest absolute Gasteiger partial charge is 0.310 e. The summed E-state index contributed by atoms with van der Waals surface area (Å²) in [5.74, 6) is -0.0872. The van der Waals surface area contributed by atoms with Crippen LogP contribution >= 0.6 is 0 Å². The zero-order valence-electron chi connectivity index (χ0n) is 17.0. The van der Waals surface area contributed by atoms with Crippen LogP contribution in [0.5, 0.6) is 0 Å². The lowest BCUT2D eigenvalue weighted by Gasteiger charge is -2.38. The second-order valence-electron chi connectivity index (χ2n) is 7.16. The Morgan fingerprint density at radius 3 is 2.17 bits per heavy atom. The van der Waals surface area contributed by atoms with Gasteiger partial charge in [-0.15, -0.1) is 0 Å². The van der Waals surface area contributed by atoms with E-state index in [2.05, 4.69) is 6.07 Å². The van der Waals surface area contributed by atoms with E-state index in [0.717, 1.165) is 5.69 Å². The molecule has 0 unspecified atom stereocenters. The van der Waals surface area contributed by atoms with Gasteiger partial charge in [0.25, 0.3) is 0 Å². The Morgan fingerprint density at radius 2 is 1.60 bits per heavy atom. The Labute approximate surface area is 178 Å². The molecule has 0 aliphatic carbocycles. The summed E-state index contributed by atoms with van der Waals surface area (Å²) in [5.41, 5.74) is 0.759. The molecule has 0 radical (unpaired) electrons. The standard InChI is InChI=1S/C22H26N4O3S/c1-19(22(27)26(14-8-13-23)20-9-4-2-5-10-20)24-15-17-25(18-16-24)30(28,29)21-11-6-3-7-12-21/h2-7,9-12,19H,8,14-18H2,1H3/t19-/m1/s1. The van der Waals surface area contributed by atoms with E-state index in [1.54, 1.807) is 35.2 Å². The van der Waals surface area contributed by atoms with Crippen molar-refractivity contribution in [3.63, 3.8) is 0 Å². The minimum absolute atomic E-state index is 0.0872. The molecular weight excluding hydrogens is 400 g/mol. The first-order valence-corrected chi connectivity index (χ1v) is 11.4. The molecule has 0 aromatic heterocycles. The minimum atomic E-state index is -3.53. The number of nitrogens with zero attached hydrogens (tertiary/aromatic N) is 4. The summed E-state index contributed by atoms with van der Waals surface area (Å²) in [5, 5.41) is 8.97. The Hall–Kier alpha value is -2.73. The van der Waals surface area contributed by atoms with Crippen LogP contribution < -0.4 is 4.90 Å². The molecule has 1 aliphatic heterocycles. The fourth-order valence-electron chi connectivity index (χ4n) is 3.59. The number of hydrogen-bond acceptors (Lipinski definition) is 5. The van der Waals surface area contributed by atoms with Crippen molar-refractivity contribution in [3.8, 4) is 6.07 Å². The highest BCUT2D eigenvalue weighted by molar-refractivity contribution is 7.89. The Kier molecular flexibility index (Phi) is 7.21. The first-order valence-electron chi connectivity index (χ1n) is 9.98. The van der Waals surface area contributed by atoms with Crippen molar-refractivity contribution in [1.82, 2.24) is 9.21 Å². The second kappa shape index (κ2) is 9.85. The van der Waals surface area contributed by atoms with Gasteiger partial charge in [-0.25, -0.2) is 8.42 Å². The highest BCUT2D eigenvalue weighted by atomic mass is 32.2. The van der Waals surface area contributed by atoms with Crippen molar-refractivity contribution < 1.29 is 13.2 Å². The normalized spacial score (nSPS) is 16.5. The quantitative estimate of drug-likeness (QED) is 0.678. The van der Waals surface area contributed by atoms with Gasteiger partial charge in [0.2, 0.25) is 15.9 Å². The highest BCUT2D eigenvalue weighted by Crippen LogP contribution is 2.20. The van der Waals surface area contributed by atoms with Crippen LogP contribution in [-0.4, -0.2) is 62.3 Å². The number of benzene rings is 2. The molecule has 0 N–H and O–H groups in total. The van der Waals surface area contributed by atoms with Gasteiger partial charge >= 0.3 is 0 Å². The number of piperazine rings is 1. The zero-order chi connectivity index (χ0) is 21.6. The molecule has 2 aromatic carbocycles. The van der Waals surface area contributed by atoms with E-state index in [1.807, 2.05) is 42.2 Å². The first kappa shape index (κ1) is 22.0. The number of carbonyl (C=O) groups is 1. The SMILES string of the molecule is C[C@H](C(=O)N(CCC#N)c1ccccc1)N1CCN(S(=O)(=O)c2ccccc2)CC1. The van der Waals surface area contributed by atoms with E-state index in [4.69, 9.17) is 5.26 Å². The van der Waals surface area contributed by atoms with Crippen molar-refractivity contribution in [3.05, 3.63) is 60.7 Å². The van der Waals surface area contributed by atoms with Crippen LogP contribution in [0.25, 0.3) is 0 Å². The summed E-state index contributed by atoms with van der Waals surface area (Å²) in [7, 11) is -3.53. The van der Waals surface area contributed by atoms with Crippen LogP contribution in [0, 0.1) is 11.3 Å². The lowest BCUT2D eigenvalue weighted by Crippen LogP contribution is -2.55. The predicted molar refractivity (Wildman–Crippen MR) is 115 cm³/mol. The molecule has 1 amide bonds. The lowest BCUT2D eigenvalue weighted by atomic mass is 10.2. The van der Waals surface area contributed by atoms with Crippen LogP contribution in [0.4, 0.5) is 5.69 Å². The maximum Gasteiger partial charge on any atom is 0.244 e. The molecule has 3 rings (SSSR count). The molecule has 0 spiro atoms. The topological polar surface area (TPSA) is 84.7 Å². The van der Waals surface area contributed by atoms with E-state index in [1.165, 1.54) is 4.31 Å². The number of sulfonamides is 1. The van der Waals surface area contributed by atoms with Crippen molar-refractivity contribution in [2.75, 3.05) is 37.6 Å². The van der Waals surface area contributed by atoms with E-state index < -0.39 is 16.1 Å². The average molecular weight is 427 g/mol. The van der Waals surface area contributed by atoms with E-state index in [0.29, 0.717) is 32.7 Å². The van der Waals surface area contributed by atoms with Gasteiger partial charge in [0, 0.05) is 38.4 Å². The molecule has 2 aromatic rings. The zero-order valence-corrected chi connectivity index (χ0v) is 17.8. The minimum Gasteiger partial charge on any atom is -0.310 e. The van der Waals surface area contributed by atoms with Gasteiger partial charge in [-0.2, -0.15) is 9.57 Å². The molecule has 158 valence electrons. The van der Waals surface area contributed by atoms with Crippen molar-refractivity contribution >= 4 is 21.6 Å². The number of rotatable bonds is 7. The molecule has 1 saturated heterocycles. The van der Waals surface area contributed by atoms with Crippen LogP contribution in [0.1, 0.15) is 13.3 Å². The fraction of sp³-hybridized carbons (Fsp3) is 0.364. The summed E-state index contributed by atoms with van der Waals surface area (Å²) >= 11 is 0. The Bertz CT molecular complexity index is 982.